The molecule has 16 heavy (non-hydrogen) atoms. The number of carbonyl (C=O) groups is 1. The van der Waals surface area contributed by atoms with Crippen molar-refractivity contribution in [2.45, 2.75) is 31.2 Å². The lowest BCUT2D eigenvalue weighted by Crippen LogP contribution is -2.40. The topological polar surface area (TPSA) is 105 Å². The fourth-order valence-electron chi connectivity index (χ4n) is 1.08. The van der Waals surface area contributed by atoms with Gasteiger partial charge in [-0.2, -0.15) is 0 Å². The van der Waals surface area contributed by atoms with Crippen molar-refractivity contribution < 1.29 is 13.2 Å². The molecule has 0 aromatic carbocycles. The highest BCUT2D eigenvalue weighted by Crippen LogP contribution is 2.09. The fourth-order valence-corrected chi connectivity index (χ4v) is 1.58. The molecule has 0 bridgehead atoms. The fraction of sp³-hybridized carbons (Fsp3) is 0.444. The predicted octanol–water partition coefficient (Wildman–Crippen LogP) is 0.190. The number of aromatic amines is 1. The van der Waals surface area contributed by atoms with E-state index < -0.39 is 10.0 Å². The maximum atomic E-state index is 11.6. The lowest BCUT2D eigenvalue weighted by atomic mass is 10.1. The normalized spacial score (nSPS) is 12.5. The minimum atomic E-state index is -3.77. The average molecular weight is 245 g/mol. The quantitative estimate of drug-likeness (QED) is 0.692. The standard InChI is InChI=1S/C9H15N3O3S/c1-9(2,3)12-8(13)7-4-6(5-11-7)16(10,14)15/h4-5,11H,1-3H3,(H,12,13)(H2,10,14,15). The van der Waals surface area contributed by atoms with Gasteiger partial charge in [-0.05, 0) is 26.8 Å². The van der Waals surface area contributed by atoms with Crippen molar-refractivity contribution in [3.8, 4) is 0 Å². The number of nitrogens with one attached hydrogen (secondary N) is 2. The Morgan fingerprint density at radius 3 is 2.38 bits per heavy atom. The molecule has 0 aliphatic carbocycles. The molecule has 0 saturated carbocycles. The number of sulfonamides is 1. The van der Waals surface area contributed by atoms with Gasteiger partial charge in [-0.3, -0.25) is 4.79 Å². The Kier molecular flexibility index (Phi) is 3.11. The van der Waals surface area contributed by atoms with Gasteiger partial charge in [-0.25, -0.2) is 13.6 Å². The van der Waals surface area contributed by atoms with Gasteiger partial charge < -0.3 is 10.3 Å². The molecular weight excluding hydrogens is 230 g/mol. The van der Waals surface area contributed by atoms with Gasteiger partial charge in [-0.15, -0.1) is 0 Å². The van der Waals surface area contributed by atoms with Gasteiger partial charge in [-0.1, -0.05) is 0 Å². The smallest absolute Gasteiger partial charge is 0.268 e. The summed E-state index contributed by atoms with van der Waals surface area (Å²) in [5, 5.41) is 7.61. The molecule has 0 atom stereocenters. The average Bonchev–Trinajstić information content (AvgIpc) is 2.46. The summed E-state index contributed by atoms with van der Waals surface area (Å²) >= 11 is 0. The number of amides is 1. The van der Waals surface area contributed by atoms with Gasteiger partial charge in [0.15, 0.2) is 0 Å². The summed E-state index contributed by atoms with van der Waals surface area (Å²) in [7, 11) is -3.77. The minimum Gasteiger partial charge on any atom is -0.356 e. The molecule has 0 aliphatic rings. The summed E-state index contributed by atoms with van der Waals surface area (Å²) in [5.74, 6) is -0.373. The molecule has 1 rings (SSSR count). The first-order chi connectivity index (χ1) is 7.09. The van der Waals surface area contributed by atoms with Gasteiger partial charge >= 0.3 is 0 Å². The van der Waals surface area contributed by atoms with Gasteiger partial charge in [0.05, 0.1) is 4.90 Å². The Balaban J connectivity index is 2.92. The van der Waals surface area contributed by atoms with Crippen LogP contribution in [0.5, 0.6) is 0 Å². The zero-order valence-corrected chi connectivity index (χ0v) is 10.2. The maximum Gasteiger partial charge on any atom is 0.268 e. The van der Waals surface area contributed by atoms with E-state index in [4.69, 9.17) is 5.14 Å². The van der Waals surface area contributed by atoms with Crippen LogP contribution >= 0.6 is 0 Å². The van der Waals surface area contributed by atoms with Crippen molar-refractivity contribution >= 4 is 15.9 Å². The largest absolute Gasteiger partial charge is 0.356 e. The Hall–Kier alpha value is -1.34. The Morgan fingerprint density at radius 2 is 2.00 bits per heavy atom. The van der Waals surface area contributed by atoms with Crippen molar-refractivity contribution in [1.29, 1.82) is 0 Å². The molecule has 7 heteroatoms. The van der Waals surface area contributed by atoms with E-state index >= 15 is 0 Å². The summed E-state index contributed by atoms with van der Waals surface area (Å²) < 4.78 is 22.0. The van der Waals surface area contributed by atoms with Crippen LogP contribution < -0.4 is 10.5 Å². The summed E-state index contributed by atoms with van der Waals surface area (Å²) in [6.07, 6.45) is 1.19. The van der Waals surface area contributed by atoms with Crippen molar-refractivity contribution in [2.75, 3.05) is 0 Å². The number of nitrogens with two attached hydrogens (primary N) is 1. The third-order valence-electron chi connectivity index (χ3n) is 1.72. The highest BCUT2D eigenvalue weighted by molar-refractivity contribution is 7.89. The molecule has 0 fully saturated rings. The Morgan fingerprint density at radius 1 is 1.44 bits per heavy atom. The van der Waals surface area contributed by atoms with Crippen LogP contribution in [-0.4, -0.2) is 24.8 Å². The Labute approximate surface area is 94.3 Å². The first-order valence-corrected chi connectivity index (χ1v) is 6.18. The minimum absolute atomic E-state index is 0.105. The van der Waals surface area contributed by atoms with Crippen LogP contribution in [0.25, 0.3) is 0 Å². The van der Waals surface area contributed by atoms with E-state index in [0.29, 0.717) is 0 Å². The van der Waals surface area contributed by atoms with Crippen molar-refractivity contribution in [2.24, 2.45) is 5.14 Å². The van der Waals surface area contributed by atoms with Crippen LogP contribution in [0.1, 0.15) is 31.3 Å². The highest BCUT2D eigenvalue weighted by atomic mass is 32.2. The molecule has 6 nitrogen and oxygen atoms in total. The number of hydrogen-bond acceptors (Lipinski definition) is 3. The summed E-state index contributed by atoms with van der Waals surface area (Å²) in [6.45, 7) is 5.48. The molecule has 90 valence electrons. The first-order valence-electron chi connectivity index (χ1n) is 4.63. The van der Waals surface area contributed by atoms with Crippen molar-refractivity contribution in [3.63, 3.8) is 0 Å². The number of H-pyrrole nitrogens is 1. The second kappa shape index (κ2) is 3.91. The summed E-state index contributed by atoms with van der Waals surface area (Å²) in [6, 6.07) is 1.20. The zero-order valence-electron chi connectivity index (χ0n) is 9.37. The Bertz CT molecular complexity index is 496. The lowest BCUT2D eigenvalue weighted by Gasteiger charge is -2.19. The second-order valence-electron chi connectivity index (χ2n) is 4.50. The van der Waals surface area contributed by atoms with Gasteiger partial charge in [0.1, 0.15) is 5.69 Å². The molecule has 1 amide bonds. The monoisotopic (exact) mass is 245 g/mol. The van der Waals surface area contributed by atoms with Crippen molar-refractivity contribution in [3.05, 3.63) is 18.0 Å². The predicted molar refractivity (Wildman–Crippen MR) is 59.4 cm³/mol. The summed E-state index contributed by atoms with van der Waals surface area (Å²) in [5.41, 5.74) is -0.219. The second-order valence-corrected chi connectivity index (χ2v) is 6.06. The highest BCUT2D eigenvalue weighted by Gasteiger charge is 2.18. The zero-order chi connectivity index (χ0) is 12.6. The van der Waals surface area contributed by atoms with E-state index in [0.717, 1.165) is 0 Å². The van der Waals surface area contributed by atoms with Gasteiger partial charge in [0.2, 0.25) is 10.0 Å². The van der Waals surface area contributed by atoms with E-state index in [2.05, 4.69) is 10.3 Å². The SMILES string of the molecule is CC(C)(C)NC(=O)c1cc(S(N)(=O)=O)c[nH]1. The molecule has 4 N–H and O–H groups in total. The number of aromatic nitrogens is 1. The van der Waals surface area contributed by atoms with Crippen LogP contribution in [0.15, 0.2) is 17.2 Å². The molecule has 0 unspecified atom stereocenters. The van der Waals surface area contributed by atoms with E-state index in [-0.39, 0.29) is 22.0 Å². The van der Waals surface area contributed by atoms with Crippen LogP contribution in [0.2, 0.25) is 0 Å². The molecule has 1 heterocycles. The number of hydrogen-bond donors (Lipinski definition) is 3. The molecule has 0 aliphatic heterocycles. The molecule has 0 radical (unpaired) electrons. The van der Waals surface area contributed by atoms with E-state index in [1.807, 2.05) is 20.8 Å². The third kappa shape index (κ3) is 3.35. The van der Waals surface area contributed by atoms with Crippen LogP contribution in [-0.2, 0) is 10.0 Å². The van der Waals surface area contributed by atoms with Crippen LogP contribution in [0.3, 0.4) is 0 Å². The molecule has 0 saturated heterocycles. The molecule has 1 aromatic rings. The maximum absolute atomic E-state index is 11.6. The lowest BCUT2D eigenvalue weighted by molar-refractivity contribution is 0.0915. The van der Waals surface area contributed by atoms with E-state index in [1.54, 1.807) is 0 Å². The molecule has 1 aromatic heterocycles. The molecular formula is C9H15N3O3S. The first kappa shape index (κ1) is 12.7. The van der Waals surface area contributed by atoms with Crippen molar-refractivity contribution in [1.82, 2.24) is 10.3 Å². The molecule has 0 spiro atoms. The van der Waals surface area contributed by atoms with Gasteiger partial charge in [0.25, 0.3) is 5.91 Å². The van der Waals surface area contributed by atoms with Crippen LogP contribution in [0, 0.1) is 0 Å². The van der Waals surface area contributed by atoms with E-state index in [1.165, 1.54) is 12.3 Å². The number of carbonyl (C=O) groups excluding carboxylic acids is 1. The third-order valence-corrected chi connectivity index (χ3v) is 2.61. The van der Waals surface area contributed by atoms with Crippen LogP contribution in [0.4, 0.5) is 0 Å². The number of primary sulfonamides is 1. The number of rotatable bonds is 2. The summed E-state index contributed by atoms with van der Waals surface area (Å²) in [4.78, 5) is 14.1. The van der Waals surface area contributed by atoms with E-state index in [9.17, 15) is 13.2 Å². The van der Waals surface area contributed by atoms with Gasteiger partial charge in [0, 0.05) is 11.7 Å².